The van der Waals surface area contributed by atoms with Crippen molar-refractivity contribution in [2.24, 2.45) is 0 Å². The van der Waals surface area contributed by atoms with Crippen LogP contribution in [0.25, 0.3) is 11.5 Å². The minimum absolute atomic E-state index is 0.631. The highest BCUT2D eigenvalue weighted by Gasteiger charge is 2.23. The lowest BCUT2D eigenvalue weighted by Crippen LogP contribution is -2.32. The summed E-state index contributed by atoms with van der Waals surface area (Å²) in [5, 5.41) is 3.49. The van der Waals surface area contributed by atoms with Crippen molar-refractivity contribution in [3.63, 3.8) is 0 Å². The van der Waals surface area contributed by atoms with E-state index in [1.165, 1.54) is 17.4 Å². The van der Waals surface area contributed by atoms with Crippen molar-refractivity contribution in [3.8, 4) is 17.3 Å². The van der Waals surface area contributed by atoms with Crippen LogP contribution < -0.4 is 10.1 Å². The number of benzene rings is 1. The third kappa shape index (κ3) is 5.42. The first kappa shape index (κ1) is 21.8. The van der Waals surface area contributed by atoms with Gasteiger partial charge in [-0.05, 0) is 42.7 Å². The molecule has 7 heteroatoms. The number of pyridine rings is 1. The molecule has 166 valence electrons. The summed E-state index contributed by atoms with van der Waals surface area (Å²) >= 11 is 0. The van der Waals surface area contributed by atoms with Gasteiger partial charge in [0.25, 0.3) is 0 Å². The highest BCUT2D eigenvalue weighted by atomic mass is 16.5. The second-order valence-corrected chi connectivity index (χ2v) is 7.66. The number of hydrogen-bond acceptors (Lipinski definition) is 7. The molecule has 0 atom stereocenters. The summed E-state index contributed by atoms with van der Waals surface area (Å²) in [6.45, 7) is 7.59. The van der Waals surface area contributed by atoms with Gasteiger partial charge in [-0.15, -0.1) is 0 Å². The molecule has 0 amide bonds. The molecule has 1 N–H and O–H groups in total. The van der Waals surface area contributed by atoms with E-state index in [-0.39, 0.29) is 0 Å². The van der Waals surface area contributed by atoms with Gasteiger partial charge in [-0.2, -0.15) is 0 Å². The smallest absolute Gasteiger partial charge is 0.180 e. The van der Waals surface area contributed by atoms with Crippen LogP contribution in [-0.4, -0.2) is 46.7 Å². The van der Waals surface area contributed by atoms with Gasteiger partial charge in [0.2, 0.25) is 0 Å². The van der Waals surface area contributed by atoms with Gasteiger partial charge < -0.3 is 14.8 Å². The molecule has 3 aromatic rings. The van der Waals surface area contributed by atoms with Crippen LogP contribution in [-0.2, 0) is 24.2 Å². The number of aromatic nitrogens is 3. The third-order valence-electron chi connectivity index (χ3n) is 5.45. The Hall–Kier alpha value is -3.45. The van der Waals surface area contributed by atoms with Gasteiger partial charge >= 0.3 is 0 Å². The van der Waals surface area contributed by atoms with Crippen molar-refractivity contribution in [2.75, 3.05) is 32.1 Å². The SMILES string of the molecule is C=COCCCNc1nc(-c2ccccn2)nc2c1CCN(Cc1ccc(OC)cc1)C2. The van der Waals surface area contributed by atoms with E-state index in [4.69, 9.17) is 19.4 Å². The molecule has 0 saturated heterocycles. The van der Waals surface area contributed by atoms with Crippen LogP contribution >= 0.6 is 0 Å². The molecule has 0 spiro atoms. The maximum atomic E-state index is 5.27. The monoisotopic (exact) mass is 431 g/mol. The fourth-order valence-electron chi connectivity index (χ4n) is 3.81. The van der Waals surface area contributed by atoms with Crippen LogP contribution in [0, 0.1) is 0 Å². The Morgan fingerprint density at radius 1 is 1.16 bits per heavy atom. The van der Waals surface area contributed by atoms with Crippen LogP contribution in [0.4, 0.5) is 5.82 Å². The number of methoxy groups -OCH3 is 1. The molecular weight excluding hydrogens is 402 g/mol. The van der Waals surface area contributed by atoms with E-state index >= 15 is 0 Å². The van der Waals surface area contributed by atoms with Crippen molar-refractivity contribution in [1.82, 2.24) is 19.9 Å². The molecular formula is C25H29N5O2. The third-order valence-corrected chi connectivity index (χ3v) is 5.45. The van der Waals surface area contributed by atoms with Gasteiger partial charge in [-0.3, -0.25) is 9.88 Å². The lowest BCUT2D eigenvalue weighted by molar-refractivity contribution is 0.241. The maximum Gasteiger partial charge on any atom is 0.180 e. The van der Waals surface area contributed by atoms with E-state index in [1.807, 2.05) is 30.3 Å². The molecule has 0 saturated carbocycles. The number of hydrogen-bond donors (Lipinski definition) is 1. The van der Waals surface area contributed by atoms with E-state index in [0.29, 0.717) is 12.4 Å². The molecule has 0 bridgehead atoms. The standard InChI is InChI=1S/C25H29N5O2/c1-3-32-16-6-14-27-24-21-12-15-30(17-19-8-10-20(31-2)11-9-19)18-23(21)28-25(29-24)22-7-4-5-13-26-22/h3-5,7-11,13H,1,6,12,14-18H2,2H3,(H,27,28,29). The van der Waals surface area contributed by atoms with Crippen LogP contribution in [0.5, 0.6) is 5.75 Å². The molecule has 2 aromatic heterocycles. The zero-order valence-corrected chi connectivity index (χ0v) is 18.5. The van der Waals surface area contributed by atoms with Crippen molar-refractivity contribution >= 4 is 5.82 Å². The topological polar surface area (TPSA) is 72.4 Å². The van der Waals surface area contributed by atoms with Crippen LogP contribution in [0.2, 0.25) is 0 Å². The summed E-state index contributed by atoms with van der Waals surface area (Å²) in [4.78, 5) is 16.6. The van der Waals surface area contributed by atoms with Gasteiger partial charge in [0, 0.05) is 37.9 Å². The number of nitrogens with zero attached hydrogens (tertiary/aromatic N) is 4. The molecule has 32 heavy (non-hydrogen) atoms. The number of rotatable bonds is 10. The minimum atomic E-state index is 0.631. The van der Waals surface area contributed by atoms with Crippen LogP contribution in [0.1, 0.15) is 23.2 Å². The van der Waals surface area contributed by atoms with Crippen molar-refractivity contribution < 1.29 is 9.47 Å². The summed E-state index contributed by atoms with van der Waals surface area (Å²) in [5.41, 5.74) is 4.29. The van der Waals surface area contributed by atoms with Crippen molar-refractivity contribution in [1.29, 1.82) is 0 Å². The van der Waals surface area contributed by atoms with Gasteiger partial charge in [0.15, 0.2) is 5.82 Å². The molecule has 7 nitrogen and oxygen atoms in total. The molecule has 0 aliphatic carbocycles. The molecule has 4 rings (SSSR count). The Kier molecular flexibility index (Phi) is 7.30. The summed E-state index contributed by atoms with van der Waals surface area (Å²) in [6, 6.07) is 14.1. The second-order valence-electron chi connectivity index (χ2n) is 7.66. The lowest BCUT2D eigenvalue weighted by Gasteiger charge is -2.29. The van der Waals surface area contributed by atoms with Gasteiger partial charge in [-0.1, -0.05) is 24.8 Å². The highest BCUT2D eigenvalue weighted by Crippen LogP contribution is 2.27. The van der Waals surface area contributed by atoms with E-state index in [1.54, 1.807) is 13.3 Å². The summed E-state index contributed by atoms with van der Waals surface area (Å²) in [5.74, 6) is 2.43. The largest absolute Gasteiger partial charge is 0.502 e. The lowest BCUT2D eigenvalue weighted by atomic mass is 10.0. The maximum absolute atomic E-state index is 5.27. The molecule has 0 radical (unpaired) electrons. The zero-order valence-electron chi connectivity index (χ0n) is 18.5. The van der Waals surface area contributed by atoms with Crippen LogP contribution in [0.15, 0.2) is 61.5 Å². The first-order valence-corrected chi connectivity index (χ1v) is 10.9. The quantitative estimate of drug-likeness (QED) is 0.383. The number of nitrogens with one attached hydrogen (secondary N) is 1. The average Bonchev–Trinajstić information content (AvgIpc) is 2.84. The predicted octanol–water partition coefficient (Wildman–Crippen LogP) is 4.07. The molecule has 0 fully saturated rings. The van der Waals surface area contributed by atoms with E-state index < -0.39 is 0 Å². The van der Waals surface area contributed by atoms with Gasteiger partial charge in [0.1, 0.15) is 17.3 Å². The molecule has 1 aliphatic rings. The Morgan fingerprint density at radius 2 is 2.03 bits per heavy atom. The van der Waals surface area contributed by atoms with Crippen molar-refractivity contribution in [3.05, 3.63) is 78.3 Å². The Bertz CT molecular complexity index is 1020. The Morgan fingerprint density at radius 3 is 2.78 bits per heavy atom. The Labute approximate surface area is 189 Å². The molecule has 3 heterocycles. The zero-order chi connectivity index (χ0) is 22.2. The fraction of sp³-hybridized carbons (Fsp3) is 0.320. The number of ether oxygens (including phenoxy) is 2. The summed E-state index contributed by atoms with van der Waals surface area (Å²) in [6.07, 6.45) is 5.02. The second kappa shape index (κ2) is 10.7. The molecule has 1 aliphatic heterocycles. The average molecular weight is 432 g/mol. The molecule has 0 unspecified atom stereocenters. The number of fused-ring (bicyclic) bond motifs is 1. The minimum Gasteiger partial charge on any atom is -0.502 e. The van der Waals surface area contributed by atoms with E-state index in [0.717, 1.165) is 62.0 Å². The summed E-state index contributed by atoms with van der Waals surface area (Å²) in [7, 11) is 1.69. The van der Waals surface area contributed by atoms with Crippen LogP contribution in [0.3, 0.4) is 0 Å². The predicted molar refractivity (Wildman–Crippen MR) is 125 cm³/mol. The van der Waals surface area contributed by atoms with Crippen molar-refractivity contribution in [2.45, 2.75) is 25.9 Å². The number of anilines is 1. The van der Waals surface area contributed by atoms with Gasteiger partial charge in [0.05, 0.1) is 25.7 Å². The summed E-state index contributed by atoms with van der Waals surface area (Å²) < 4.78 is 10.5. The highest BCUT2D eigenvalue weighted by molar-refractivity contribution is 5.57. The first-order chi connectivity index (χ1) is 15.8. The Balaban J connectivity index is 1.54. The first-order valence-electron chi connectivity index (χ1n) is 10.9. The molecule has 1 aromatic carbocycles. The van der Waals surface area contributed by atoms with Gasteiger partial charge in [-0.25, -0.2) is 9.97 Å². The van der Waals surface area contributed by atoms with E-state index in [9.17, 15) is 0 Å². The fourth-order valence-corrected chi connectivity index (χ4v) is 3.81. The van der Waals surface area contributed by atoms with E-state index in [2.05, 4.69) is 33.9 Å². The normalized spacial score (nSPS) is 13.3.